The predicted molar refractivity (Wildman–Crippen MR) is 62.6 cm³/mol. The third-order valence-corrected chi connectivity index (χ3v) is 3.59. The smallest absolute Gasteiger partial charge is 0.326 e. The van der Waals surface area contributed by atoms with Crippen LogP contribution in [0.15, 0.2) is 18.2 Å². The molecule has 2 unspecified atom stereocenters. The molecule has 0 aromatic heterocycles. The molecule has 17 heavy (non-hydrogen) atoms. The van der Waals surface area contributed by atoms with Gasteiger partial charge in [-0.3, -0.25) is 10.1 Å². The van der Waals surface area contributed by atoms with Crippen LogP contribution in [0, 0.1) is 5.82 Å². The molecule has 1 aromatic rings. The summed E-state index contributed by atoms with van der Waals surface area (Å²) < 4.78 is 17.8. The zero-order chi connectivity index (χ0) is 11.3. The number of nitrogens with one attached hydrogen (secondary N) is 1. The molecule has 1 aliphatic heterocycles. The van der Waals surface area contributed by atoms with Gasteiger partial charge in [0.15, 0.2) is 0 Å². The van der Waals surface area contributed by atoms with E-state index >= 15 is 0 Å². The normalized spacial score (nSPS) is 28.5. The fraction of sp³-hybridized carbons (Fsp3) is 0.417. The monoisotopic (exact) mass is 257 g/mol. The Morgan fingerprint density at radius 1 is 1.59 bits per heavy atom. The SMILES string of the molecule is COC(=O)C12CC1c1ccc(F)cc1CN2.Cl. The Hall–Kier alpha value is -1.13. The molecular formula is C12H13ClFNO2. The van der Waals surface area contributed by atoms with E-state index in [0.717, 1.165) is 17.5 Å². The maximum Gasteiger partial charge on any atom is 0.326 e. The summed E-state index contributed by atoms with van der Waals surface area (Å²) >= 11 is 0. The van der Waals surface area contributed by atoms with E-state index in [4.69, 9.17) is 4.74 Å². The zero-order valence-electron chi connectivity index (χ0n) is 9.33. The second-order valence-corrected chi connectivity index (χ2v) is 4.42. The van der Waals surface area contributed by atoms with Crippen LogP contribution in [0.2, 0.25) is 0 Å². The average Bonchev–Trinajstić information content (AvgIpc) is 3.03. The van der Waals surface area contributed by atoms with Crippen LogP contribution < -0.4 is 5.32 Å². The van der Waals surface area contributed by atoms with Gasteiger partial charge < -0.3 is 4.74 Å². The number of hydrogen-bond acceptors (Lipinski definition) is 3. The number of methoxy groups -OCH3 is 1. The van der Waals surface area contributed by atoms with E-state index in [-0.39, 0.29) is 30.1 Å². The molecule has 1 fully saturated rings. The van der Waals surface area contributed by atoms with Crippen molar-refractivity contribution in [3.63, 3.8) is 0 Å². The van der Waals surface area contributed by atoms with Crippen molar-refractivity contribution >= 4 is 18.4 Å². The minimum absolute atomic E-state index is 0. The van der Waals surface area contributed by atoms with E-state index in [9.17, 15) is 9.18 Å². The van der Waals surface area contributed by atoms with Crippen molar-refractivity contribution < 1.29 is 13.9 Å². The third kappa shape index (κ3) is 1.63. The first-order valence-electron chi connectivity index (χ1n) is 5.29. The maximum absolute atomic E-state index is 13.0. The highest BCUT2D eigenvalue weighted by molar-refractivity contribution is 5.87. The highest BCUT2D eigenvalue weighted by Crippen LogP contribution is 2.55. The van der Waals surface area contributed by atoms with Gasteiger partial charge in [-0.15, -0.1) is 12.4 Å². The lowest BCUT2D eigenvalue weighted by molar-refractivity contribution is -0.144. The Labute approximate surface area is 105 Å². The van der Waals surface area contributed by atoms with Crippen molar-refractivity contribution in [1.29, 1.82) is 0 Å². The molecule has 0 bridgehead atoms. The highest BCUT2D eigenvalue weighted by atomic mass is 35.5. The Morgan fingerprint density at radius 2 is 2.35 bits per heavy atom. The summed E-state index contributed by atoms with van der Waals surface area (Å²) in [5.74, 6) is -0.302. The molecule has 0 spiro atoms. The Morgan fingerprint density at radius 3 is 3.06 bits per heavy atom. The first-order valence-corrected chi connectivity index (χ1v) is 5.29. The van der Waals surface area contributed by atoms with Crippen molar-refractivity contribution in [2.24, 2.45) is 0 Å². The highest BCUT2D eigenvalue weighted by Gasteiger charge is 2.63. The standard InChI is InChI=1S/C12H12FNO2.ClH/c1-16-11(15)12-5-10(12)9-3-2-8(13)4-7(9)6-14-12;/h2-4,10,14H,5-6H2,1H3;1H. The lowest BCUT2D eigenvalue weighted by Crippen LogP contribution is -2.43. The Bertz CT molecular complexity index is 480. The topological polar surface area (TPSA) is 38.3 Å². The van der Waals surface area contributed by atoms with E-state index < -0.39 is 5.54 Å². The van der Waals surface area contributed by atoms with Crippen LogP contribution in [0.3, 0.4) is 0 Å². The first-order chi connectivity index (χ1) is 7.67. The molecule has 0 amide bonds. The van der Waals surface area contributed by atoms with Gasteiger partial charge in [0.2, 0.25) is 0 Å². The van der Waals surface area contributed by atoms with Gasteiger partial charge in [0.05, 0.1) is 7.11 Å². The summed E-state index contributed by atoms with van der Waals surface area (Å²) in [4.78, 5) is 11.6. The Balaban J connectivity index is 0.00000108. The predicted octanol–water partition coefficient (Wildman–Crippen LogP) is 1.75. The number of hydrogen-bond donors (Lipinski definition) is 1. The molecule has 0 radical (unpaired) electrons. The van der Waals surface area contributed by atoms with Crippen LogP contribution in [0.1, 0.15) is 23.5 Å². The minimum atomic E-state index is -0.542. The van der Waals surface area contributed by atoms with Gasteiger partial charge in [-0.2, -0.15) is 0 Å². The van der Waals surface area contributed by atoms with Gasteiger partial charge in [-0.1, -0.05) is 6.07 Å². The van der Waals surface area contributed by atoms with Crippen molar-refractivity contribution in [1.82, 2.24) is 5.32 Å². The summed E-state index contributed by atoms with van der Waals surface area (Å²) in [6.07, 6.45) is 0.748. The lowest BCUT2D eigenvalue weighted by atomic mass is 9.96. The van der Waals surface area contributed by atoms with Crippen molar-refractivity contribution in [2.45, 2.75) is 24.4 Å². The molecule has 2 aliphatic rings. The Kier molecular flexibility index (Phi) is 2.87. The molecule has 92 valence electrons. The van der Waals surface area contributed by atoms with Gasteiger partial charge in [-0.25, -0.2) is 4.39 Å². The molecule has 1 N–H and O–H groups in total. The number of ether oxygens (including phenoxy) is 1. The lowest BCUT2D eigenvalue weighted by Gasteiger charge is -2.23. The van der Waals surface area contributed by atoms with Gasteiger partial charge in [0.1, 0.15) is 11.4 Å². The number of fused-ring (bicyclic) bond motifs is 3. The second-order valence-electron chi connectivity index (χ2n) is 4.42. The number of esters is 1. The summed E-state index contributed by atoms with van der Waals surface area (Å²) in [7, 11) is 1.40. The third-order valence-electron chi connectivity index (χ3n) is 3.59. The van der Waals surface area contributed by atoms with E-state index in [1.807, 2.05) is 0 Å². The fourth-order valence-electron chi connectivity index (χ4n) is 2.63. The summed E-state index contributed by atoms with van der Waals surface area (Å²) in [5.41, 5.74) is 1.48. The number of benzene rings is 1. The largest absolute Gasteiger partial charge is 0.468 e. The van der Waals surface area contributed by atoms with E-state index in [1.54, 1.807) is 6.07 Å². The van der Waals surface area contributed by atoms with Crippen molar-refractivity contribution in [2.75, 3.05) is 7.11 Å². The van der Waals surface area contributed by atoms with Crippen molar-refractivity contribution in [3.05, 3.63) is 35.1 Å². The van der Waals surface area contributed by atoms with Gasteiger partial charge in [0, 0.05) is 12.5 Å². The van der Waals surface area contributed by atoms with E-state index in [2.05, 4.69) is 5.32 Å². The van der Waals surface area contributed by atoms with Crippen LogP contribution >= 0.6 is 12.4 Å². The number of carbonyl (C=O) groups excluding carboxylic acids is 1. The molecule has 2 atom stereocenters. The average molecular weight is 258 g/mol. The summed E-state index contributed by atoms with van der Waals surface area (Å²) in [6.45, 7) is 0.526. The van der Waals surface area contributed by atoms with Crippen LogP contribution in [-0.4, -0.2) is 18.6 Å². The van der Waals surface area contributed by atoms with Crippen LogP contribution in [0.4, 0.5) is 4.39 Å². The molecule has 0 saturated heterocycles. The number of carbonyl (C=O) groups is 1. The van der Waals surface area contributed by atoms with Crippen LogP contribution in [-0.2, 0) is 16.1 Å². The van der Waals surface area contributed by atoms with Gasteiger partial charge in [0.25, 0.3) is 0 Å². The van der Waals surface area contributed by atoms with E-state index in [1.165, 1.54) is 19.2 Å². The van der Waals surface area contributed by atoms with Gasteiger partial charge in [-0.05, 0) is 29.7 Å². The maximum atomic E-state index is 13.0. The molecule has 3 nitrogen and oxygen atoms in total. The molecule has 5 heteroatoms. The molecule has 1 aromatic carbocycles. The van der Waals surface area contributed by atoms with Crippen LogP contribution in [0.25, 0.3) is 0 Å². The summed E-state index contributed by atoms with van der Waals surface area (Å²) in [5, 5.41) is 3.16. The molecular weight excluding hydrogens is 245 g/mol. The molecule has 1 aliphatic carbocycles. The second kappa shape index (κ2) is 3.96. The number of halogens is 2. The van der Waals surface area contributed by atoms with Crippen LogP contribution in [0.5, 0.6) is 0 Å². The summed E-state index contributed by atoms with van der Waals surface area (Å²) in [6, 6.07) is 4.76. The molecule has 3 rings (SSSR count). The quantitative estimate of drug-likeness (QED) is 0.779. The molecule has 1 saturated carbocycles. The first kappa shape index (κ1) is 12.3. The van der Waals surface area contributed by atoms with Crippen molar-refractivity contribution in [3.8, 4) is 0 Å². The number of rotatable bonds is 1. The van der Waals surface area contributed by atoms with Gasteiger partial charge >= 0.3 is 5.97 Å². The fourth-order valence-corrected chi connectivity index (χ4v) is 2.63. The minimum Gasteiger partial charge on any atom is -0.468 e. The van der Waals surface area contributed by atoms with E-state index in [0.29, 0.717) is 6.54 Å². The molecule has 1 heterocycles. The zero-order valence-corrected chi connectivity index (χ0v) is 10.1.